The second-order valence-corrected chi connectivity index (χ2v) is 25.7. The number of aliphatic hydroxyl groups is 2. The average molecular weight is 1480 g/mol. The van der Waals surface area contributed by atoms with Crippen LogP contribution in [0.5, 0.6) is 0 Å². The summed E-state index contributed by atoms with van der Waals surface area (Å²) in [5, 5.41) is 27.2. The number of hydrogen-bond donors (Lipinski definition) is 3. The van der Waals surface area contributed by atoms with Gasteiger partial charge in [-0.05, 0) is 83.2 Å². The van der Waals surface area contributed by atoms with Gasteiger partial charge in [0.2, 0.25) is 0 Å². The lowest BCUT2D eigenvalue weighted by atomic mass is 9.92. The molecule has 5 saturated heterocycles. The number of carbonyl (C=O) groups is 11. The van der Waals surface area contributed by atoms with Gasteiger partial charge >= 0.3 is 66.6 Å². The molecule has 0 amide bonds. The molecule has 3 N–H and O–H groups in total. The summed E-state index contributed by atoms with van der Waals surface area (Å²) in [6.45, 7) is 13.2. The summed E-state index contributed by atoms with van der Waals surface area (Å²) in [5.41, 5.74) is 0.831. The molecular weight excluding hydrogens is 1400 g/mol. The molecule has 0 aliphatic carbocycles. The number of carboxylic acids is 1. The standard InChI is InChI=1S/C14H15ClO5.C14H16O5.C13H14O5.C13H18O4.C8H11BrO5.C6H8O5/c1-14(8-19-13(17)20-9-14)12(16)18-7-11-4-2-10(6-15)3-5-11;1-10-3-5-11(6-4-10)7-17-12(15)14(2)8-18-13(16)19-9-14;1-13(8-17-12(15)18-9-13)11(14)16-7-10-5-3-2-4-6-10;1-10-3-5-11(6-4-10)7-17-12(16)13(2,8-14)9-15;1-8(6(10)12-3-2-9)4-13-7(11)14-5-8;1-6(4(7)8)2-10-5(9)11-3-6/h2-5H,6-9H2,1H3;3-6H,7-9H2,1-2H3;2-6H,7-9H2,1H3;3-6,14-15H,7-9H2,1-2H3;2-5H2,1H3;2-3H2,1H3,(H,7,8). The van der Waals surface area contributed by atoms with Crippen molar-refractivity contribution in [3.8, 4) is 0 Å². The minimum atomic E-state index is -1.23. The van der Waals surface area contributed by atoms with Gasteiger partial charge in [0, 0.05) is 11.2 Å². The Bertz CT molecular complexity index is 3290. The highest BCUT2D eigenvalue weighted by molar-refractivity contribution is 9.09. The number of halogens is 2. The highest BCUT2D eigenvalue weighted by atomic mass is 79.9. The van der Waals surface area contributed by atoms with E-state index in [4.69, 9.17) is 79.0 Å². The van der Waals surface area contributed by atoms with E-state index in [-0.39, 0.29) is 92.5 Å². The molecule has 0 saturated carbocycles. The van der Waals surface area contributed by atoms with Crippen molar-refractivity contribution in [1.82, 2.24) is 0 Å². The Morgan fingerprint density at radius 1 is 0.414 bits per heavy atom. The molecular formula is C68H82BrClO29. The lowest BCUT2D eigenvalue weighted by Gasteiger charge is -2.29. The molecule has 31 heteroatoms. The van der Waals surface area contributed by atoms with Gasteiger partial charge in [0.15, 0.2) is 0 Å². The van der Waals surface area contributed by atoms with Crippen molar-refractivity contribution >= 4 is 94.1 Å². The molecule has 5 fully saturated rings. The van der Waals surface area contributed by atoms with Crippen LogP contribution in [-0.4, -0.2) is 173 Å². The Hall–Kier alpha value is -9.26. The molecule has 0 unspecified atom stereocenters. The maximum absolute atomic E-state index is 12.0. The first-order valence-electron chi connectivity index (χ1n) is 30.4. The predicted molar refractivity (Wildman–Crippen MR) is 346 cm³/mol. The van der Waals surface area contributed by atoms with Gasteiger partial charge < -0.3 is 86.4 Å². The smallest absolute Gasteiger partial charge is 0.481 e. The second-order valence-electron chi connectivity index (χ2n) is 24.7. The first-order valence-corrected chi connectivity index (χ1v) is 32.1. The van der Waals surface area contributed by atoms with Gasteiger partial charge in [-0.25, -0.2) is 24.0 Å². The van der Waals surface area contributed by atoms with Crippen LogP contribution in [0.25, 0.3) is 0 Å². The highest BCUT2D eigenvalue weighted by Gasteiger charge is 2.45. The Kier molecular flexibility index (Phi) is 32.7. The van der Waals surface area contributed by atoms with Gasteiger partial charge in [0.1, 0.15) is 132 Å². The molecule has 0 aromatic heterocycles. The third kappa shape index (κ3) is 27.2. The monoisotopic (exact) mass is 1480 g/mol. The summed E-state index contributed by atoms with van der Waals surface area (Å²) in [7, 11) is 0. The van der Waals surface area contributed by atoms with E-state index in [2.05, 4.69) is 34.9 Å². The Morgan fingerprint density at radius 3 is 0.939 bits per heavy atom. The van der Waals surface area contributed by atoms with Gasteiger partial charge in [0.05, 0.1) is 13.2 Å². The largest absolute Gasteiger partial charge is 0.508 e. The van der Waals surface area contributed by atoms with E-state index in [0.717, 1.165) is 38.9 Å². The van der Waals surface area contributed by atoms with Crippen molar-refractivity contribution in [2.75, 3.05) is 91.2 Å². The zero-order valence-corrected chi connectivity index (χ0v) is 58.3. The third-order valence-corrected chi connectivity index (χ3v) is 15.4. The minimum Gasteiger partial charge on any atom is -0.481 e. The SMILES string of the molecule is CC1(C(=O)O)COC(=O)OC1.CC1(C(=O)OCCBr)COC(=O)OC1.CC1(C(=O)OCc2ccc(CCl)cc2)COC(=O)OC1.CC1(C(=O)OCc2ccccc2)COC(=O)OC1.Cc1ccc(COC(=O)C(C)(CO)CO)cc1.Cc1ccc(COC(=O)C2(C)COC(=O)OC2)cc1. The molecule has 29 nitrogen and oxygen atoms in total. The van der Waals surface area contributed by atoms with E-state index in [1.165, 1.54) is 13.8 Å². The average Bonchev–Trinajstić information content (AvgIpc) is 0.878. The van der Waals surface area contributed by atoms with E-state index < -0.39 is 112 Å². The number of aliphatic carboxylic acids is 1. The molecule has 542 valence electrons. The van der Waals surface area contributed by atoms with Gasteiger partial charge in [-0.15, -0.1) is 11.6 Å². The highest BCUT2D eigenvalue weighted by Crippen LogP contribution is 2.29. The number of aliphatic hydroxyl groups excluding tert-OH is 2. The first kappa shape index (κ1) is 82.2. The Balaban J connectivity index is 0.000000254. The van der Waals surface area contributed by atoms with Crippen molar-refractivity contribution in [3.05, 3.63) is 142 Å². The molecule has 0 atom stereocenters. The number of aryl methyl sites for hydroxylation is 2. The molecule has 5 heterocycles. The number of carboxylic acid groups (broad SMARTS) is 1. The van der Waals surface area contributed by atoms with Crippen molar-refractivity contribution in [2.45, 2.75) is 87.7 Å². The molecule has 5 aliphatic heterocycles. The van der Waals surface area contributed by atoms with Crippen LogP contribution in [0.4, 0.5) is 24.0 Å². The zero-order chi connectivity index (χ0) is 73.5. The molecule has 0 radical (unpaired) electrons. The number of rotatable bonds is 19. The van der Waals surface area contributed by atoms with Gasteiger partial charge in [0.25, 0.3) is 0 Å². The van der Waals surface area contributed by atoms with Crippen LogP contribution in [0.2, 0.25) is 0 Å². The summed E-state index contributed by atoms with van der Waals surface area (Å²) in [6.07, 6.45) is -3.79. The fourth-order valence-electron chi connectivity index (χ4n) is 7.64. The van der Waals surface area contributed by atoms with Gasteiger partial charge in [-0.1, -0.05) is 130 Å². The molecule has 4 aromatic rings. The number of ether oxygens (including phenoxy) is 15. The normalized spacial score (nSPS) is 17.0. The van der Waals surface area contributed by atoms with Gasteiger partial charge in [-0.3, -0.25) is 28.8 Å². The summed E-state index contributed by atoms with van der Waals surface area (Å²) in [5.74, 6) is -2.90. The summed E-state index contributed by atoms with van der Waals surface area (Å²) in [4.78, 5) is 123. The maximum atomic E-state index is 12.0. The number of cyclic esters (lactones) is 10. The number of hydrogen-bond acceptors (Lipinski definition) is 28. The van der Waals surface area contributed by atoms with E-state index in [9.17, 15) is 52.7 Å². The molecule has 0 spiro atoms. The summed E-state index contributed by atoms with van der Waals surface area (Å²) in [6, 6.07) is 32.2. The van der Waals surface area contributed by atoms with Crippen molar-refractivity contribution in [3.63, 3.8) is 0 Å². The fourth-order valence-corrected chi connectivity index (χ4v) is 7.98. The molecule has 99 heavy (non-hydrogen) atoms. The van der Waals surface area contributed by atoms with Crippen LogP contribution in [0.1, 0.15) is 80.5 Å². The number of esters is 5. The molecule has 0 bridgehead atoms. The Labute approximate surface area is 584 Å². The van der Waals surface area contributed by atoms with Crippen molar-refractivity contribution in [1.29, 1.82) is 0 Å². The lowest BCUT2D eigenvalue weighted by Crippen LogP contribution is -2.44. The zero-order valence-electron chi connectivity index (χ0n) is 56.0. The Morgan fingerprint density at radius 2 is 0.667 bits per heavy atom. The molecule has 9 rings (SSSR count). The number of benzene rings is 4. The predicted octanol–water partition coefficient (Wildman–Crippen LogP) is 9.13. The van der Waals surface area contributed by atoms with E-state index >= 15 is 0 Å². The van der Waals surface area contributed by atoms with Crippen LogP contribution in [0, 0.1) is 46.3 Å². The topological polar surface area (TPSA) is 387 Å². The van der Waals surface area contributed by atoms with Crippen LogP contribution in [-0.2, 0) is 132 Å². The van der Waals surface area contributed by atoms with Crippen LogP contribution < -0.4 is 0 Å². The lowest BCUT2D eigenvalue weighted by molar-refractivity contribution is -0.168. The van der Waals surface area contributed by atoms with Crippen LogP contribution in [0.3, 0.4) is 0 Å². The number of alkyl halides is 2. The molecule has 4 aromatic carbocycles. The van der Waals surface area contributed by atoms with E-state index in [1.54, 1.807) is 27.7 Å². The second kappa shape index (κ2) is 39.4. The first-order chi connectivity index (χ1) is 46.8. The van der Waals surface area contributed by atoms with Gasteiger partial charge in [-0.2, -0.15) is 0 Å². The number of carbonyl (C=O) groups excluding carboxylic acids is 10. The van der Waals surface area contributed by atoms with Crippen molar-refractivity contribution in [2.24, 2.45) is 32.5 Å². The van der Waals surface area contributed by atoms with E-state index in [1.807, 2.05) is 117 Å². The van der Waals surface area contributed by atoms with E-state index in [0.29, 0.717) is 17.8 Å². The maximum Gasteiger partial charge on any atom is 0.508 e. The van der Waals surface area contributed by atoms with Crippen LogP contribution >= 0.6 is 27.5 Å². The van der Waals surface area contributed by atoms with Crippen LogP contribution in [0.15, 0.2) is 103 Å². The summed E-state index contributed by atoms with van der Waals surface area (Å²) < 4.78 is 72.0. The third-order valence-electron chi connectivity index (χ3n) is 14.8. The van der Waals surface area contributed by atoms with Crippen molar-refractivity contribution < 1.29 is 139 Å². The quantitative estimate of drug-likeness (QED) is 0.0447. The minimum absolute atomic E-state index is 0.00690. The fraction of sp³-hybridized carbons (Fsp3) is 0.485. The summed E-state index contributed by atoms with van der Waals surface area (Å²) >= 11 is 8.83. The molecule has 5 aliphatic rings.